The van der Waals surface area contributed by atoms with Gasteiger partial charge in [0.15, 0.2) is 10.8 Å². The maximum atomic E-state index is 13.3. The molecule has 0 unspecified atom stereocenters. The first-order chi connectivity index (χ1) is 13.2. The van der Waals surface area contributed by atoms with Crippen molar-refractivity contribution in [3.63, 3.8) is 0 Å². The minimum atomic E-state index is -1.06. The van der Waals surface area contributed by atoms with Crippen molar-refractivity contribution >= 4 is 52.1 Å². The summed E-state index contributed by atoms with van der Waals surface area (Å²) < 4.78 is 6.18. The van der Waals surface area contributed by atoms with Gasteiger partial charge in [0.25, 0.3) is 0 Å². The van der Waals surface area contributed by atoms with Gasteiger partial charge in [0.1, 0.15) is 11.7 Å². The van der Waals surface area contributed by atoms with Crippen LogP contribution in [0.15, 0.2) is 30.3 Å². The van der Waals surface area contributed by atoms with Gasteiger partial charge in [-0.15, -0.1) is 0 Å². The fourth-order valence-corrected chi connectivity index (χ4v) is 4.80. The monoisotopic (exact) mass is 435 g/mol. The summed E-state index contributed by atoms with van der Waals surface area (Å²) in [5, 5.41) is 10.6. The summed E-state index contributed by atoms with van der Waals surface area (Å²) in [5.41, 5.74) is 2.53. The Morgan fingerprint density at radius 2 is 2.00 bits per heavy atom. The number of hydrogen-bond acceptors (Lipinski definition) is 3. The van der Waals surface area contributed by atoms with Crippen LogP contribution >= 0.6 is 35.4 Å². The molecule has 2 aromatic carbocycles. The Balaban J connectivity index is 1.75. The van der Waals surface area contributed by atoms with Crippen LogP contribution in [-0.4, -0.2) is 16.7 Å². The number of hydrogen-bond donors (Lipinski definition) is 3. The standard InChI is InChI=1S/C20H19Cl2N3O2S/c1-9-4-5-14(10(2)6-9)23-18(26)15-16-12-7-11(21)8-13(22)17(12)27-20(15,3)25-19(28)24-16/h4-8,15-16H,1-3H3,(H,23,26)(H2,24,25,28)/t15-,16+,20+/m1/s1. The fourth-order valence-electron chi connectivity index (χ4n) is 3.93. The van der Waals surface area contributed by atoms with Gasteiger partial charge in [-0.25, -0.2) is 0 Å². The van der Waals surface area contributed by atoms with Gasteiger partial charge < -0.3 is 20.7 Å². The minimum Gasteiger partial charge on any atom is -0.466 e. The average Bonchev–Trinajstić information content (AvgIpc) is 2.57. The van der Waals surface area contributed by atoms with E-state index in [4.69, 9.17) is 40.2 Å². The van der Waals surface area contributed by atoms with Crippen molar-refractivity contribution in [3.8, 4) is 5.75 Å². The van der Waals surface area contributed by atoms with E-state index in [2.05, 4.69) is 16.0 Å². The van der Waals surface area contributed by atoms with Crippen molar-refractivity contribution in [1.82, 2.24) is 10.6 Å². The van der Waals surface area contributed by atoms with Gasteiger partial charge in [0, 0.05) is 16.3 Å². The Bertz CT molecular complexity index is 1010. The summed E-state index contributed by atoms with van der Waals surface area (Å²) in [6.45, 7) is 5.77. The van der Waals surface area contributed by atoms with Crippen molar-refractivity contribution in [2.24, 2.45) is 5.92 Å². The molecule has 2 heterocycles. The van der Waals surface area contributed by atoms with Crippen LogP contribution in [0.2, 0.25) is 10.0 Å². The molecular weight excluding hydrogens is 417 g/mol. The number of aryl methyl sites for hydroxylation is 2. The number of ether oxygens (including phenoxy) is 1. The maximum absolute atomic E-state index is 13.3. The molecule has 0 spiro atoms. The number of carbonyl (C=O) groups is 1. The van der Waals surface area contributed by atoms with Gasteiger partial charge >= 0.3 is 0 Å². The largest absolute Gasteiger partial charge is 0.466 e. The van der Waals surface area contributed by atoms with Crippen LogP contribution in [0, 0.1) is 19.8 Å². The van der Waals surface area contributed by atoms with Crippen molar-refractivity contribution in [3.05, 3.63) is 57.1 Å². The lowest BCUT2D eigenvalue weighted by atomic mass is 9.80. The first kappa shape index (κ1) is 19.3. The molecule has 146 valence electrons. The second-order valence-electron chi connectivity index (χ2n) is 7.38. The van der Waals surface area contributed by atoms with Gasteiger partial charge in [-0.2, -0.15) is 0 Å². The van der Waals surface area contributed by atoms with Gasteiger partial charge in [0.05, 0.1) is 11.1 Å². The van der Waals surface area contributed by atoms with Crippen LogP contribution < -0.4 is 20.7 Å². The summed E-state index contributed by atoms with van der Waals surface area (Å²) in [6, 6.07) is 8.83. The Kier molecular flexibility index (Phi) is 4.68. The lowest BCUT2D eigenvalue weighted by molar-refractivity contribution is -0.132. The van der Waals surface area contributed by atoms with E-state index in [1.807, 2.05) is 32.0 Å². The highest BCUT2D eigenvalue weighted by molar-refractivity contribution is 7.80. The number of fused-ring (bicyclic) bond motifs is 4. The SMILES string of the molecule is Cc1ccc(NC(=O)[C@H]2[C@H]3NC(=S)N[C@@]2(C)Oc2c(Cl)cc(Cl)cc23)c(C)c1. The van der Waals surface area contributed by atoms with E-state index in [1.165, 1.54) is 0 Å². The highest BCUT2D eigenvalue weighted by Gasteiger charge is 2.55. The number of amides is 1. The first-order valence-corrected chi connectivity index (χ1v) is 9.99. The quantitative estimate of drug-likeness (QED) is 0.606. The maximum Gasteiger partial charge on any atom is 0.236 e. The number of rotatable bonds is 2. The van der Waals surface area contributed by atoms with Crippen LogP contribution in [0.1, 0.15) is 29.7 Å². The molecule has 2 aliphatic heterocycles. The summed E-state index contributed by atoms with van der Waals surface area (Å²) in [6.07, 6.45) is 0. The highest BCUT2D eigenvalue weighted by Crippen LogP contribution is 2.49. The smallest absolute Gasteiger partial charge is 0.236 e. The molecule has 0 saturated carbocycles. The molecule has 0 aromatic heterocycles. The Hall–Kier alpha value is -2.02. The van der Waals surface area contributed by atoms with E-state index >= 15 is 0 Å². The van der Waals surface area contributed by atoms with Crippen LogP contribution in [0.25, 0.3) is 0 Å². The van der Waals surface area contributed by atoms with Crippen LogP contribution in [0.5, 0.6) is 5.75 Å². The zero-order valence-electron chi connectivity index (χ0n) is 15.5. The topological polar surface area (TPSA) is 62.4 Å². The predicted molar refractivity (Wildman–Crippen MR) is 115 cm³/mol. The van der Waals surface area contributed by atoms with Crippen molar-refractivity contribution < 1.29 is 9.53 Å². The normalized spacial score (nSPS) is 25.1. The fraction of sp³-hybridized carbons (Fsp3) is 0.300. The number of nitrogens with one attached hydrogen (secondary N) is 3. The van der Waals surface area contributed by atoms with E-state index in [9.17, 15) is 4.79 Å². The summed E-state index contributed by atoms with van der Waals surface area (Å²) in [7, 11) is 0. The predicted octanol–water partition coefficient (Wildman–Crippen LogP) is 4.49. The molecule has 5 nitrogen and oxygen atoms in total. The van der Waals surface area contributed by atoms with Crippen molar-refractivity contribution in [2.45, 2.75) is 32.5 Å². The van der Waals surface area contributed by atoms with E-state index in [1.54, 1.807) is 19.1 Å². The Morgan fingerprint density at radius 3 is 2.71 bits per heavy atom. The van der Waals surface area contributed by atoms with Gasteiger partial charge in [-0.05, 0) is 56.8 Å². The third-order valence-corrected chi connectivity index (χ3v) is 5.90. The van der Waals surface area contributed by atoms with Gasteiger partial charge in [-0.3, -0.25) is 4.79 Å². The van der Waals surface area contributed by atoms with Crippen LogP contribution in [0.3, 0.4) is 0 Å². The number of benzene rings is 2. The molecule has 2 aliphatic rings. The van der Waals surface area contributed by atoms with Gasteiger partial charge in [-0.1, -0.05) is 40.9 Å². The second-order valence-corrected chi connectivity index (χ2v) is 8.63. The lowest BCUT2D eigenvalue weighted by Gasteiger charge is -2.50. The van der Waals surface area contributed by atoms with E-state index in [-0.39, 0.29) is 5.91 Å². The molecule has 4 rings (SSSR count). The molecule has 2 bridgehead atoms. The molecule has 3 N–H and O–H groups in total. The molecule has 1 saturated heterocycles. The third kappa shape index (κ3) is 3.19. The number of thiocarbonyl (C=S) groups is 1. The van der Waals surface area contributed by atoms with Gasteiger partial charge in [0.2, 0.25) is 5.91 Å². The number of anilines is 1. The molecule has 8 heteroatoms. The third-order valence-electron chi connectivity index (χ3n) is 5.18. The Labute approximate surface area is 178 Å². The molecule has 28 heavy (non-hydrogen) atoms. The summed E-state index contributed by atoms with van der Waals surface area (Å²) in [5.74, 6) is -0.303. The van der Waals surface area contributed by atoms with E-state index < -0.39 is 17.7 Å². The van der Waals surface area contributed by atoms with Crippen LogP contribution in [0.4, 0.5) is 5.69 Å². The summed E-state index contributed by atoms with van der Waals surface area (Å²) >= 11 is 17.9. The lowest BCUT2D eigenvalue weighted by Crippen LogP contribution is -2.70. The molecule has 2 aromatic rings. The second kappa shape index (κ2) is 6.79. The molecule has 1 amide bonds. The first-order valence-electron chi connectivity index (χ1n) is 8.83. The number of halogens is 2. The zero-order valence-corrected chi connectivity index (χ0v) is 17.9. The van der Waals surface area contributed by atoms with Crippen molar-refractivity contribution in [2.75, 3.05) is 5.32 Å². The molecule has 0 radical (unpaired) electrons. The molecule has 0 aliphatic carbocycles. The average molecular weight is 436 g/mol. The Morgan fingerprint density at radius 1 is 1.25 bits per heavy atom. The van der Waals surface area contributed by atoms with E-state index in [0.717, 1.165) is 16.8 Å². The molecule has 1 fully saturated rings. The summed E-state index contributed by atoms with van der Waals surface area (Å²) in [4.78, 5) is 13.3. The molecule has 3 atom stereocenters. The highest BCUT2D eigenvalue weighted by atomic mass is 35.5. The zero-order chi connectivity index (χ0) is 20.2. The molecular formula is C20H19Cl2N3O2S. The van der Waals surface area contributed by atoms with Crippen LogP contribution in [-0.2, 0) is 4.79 Å². The van der Waals surface area contributed by atoms with E-state index in [0.29, 0.717) is 26.5 Å². The van der Waals surface area contributed by atoms with Crippen molar-refractivity contribution in [1.29, 1.82) is 0 Å². The minimum absolute atomic E-state index is 0.191. The number of carbonyl (C=O) groups excluding carboxylic acids is 1.